The van der Waals surface area contributed by atoms with E-state index < -0.39 is 35.3 Å². The van der Waals surface area contributed by atoms with Crippen LogP contribution in [0.5, 0.6) is 0 Å². The number of esters is 1. The minimum absolute atomic E-state index is 0.118. The smallest absolute Gasteiger partial charge is 0.326 e. The molecule has 114 valence electrons. The maximum atomic E-state index is 13.4. The Morgan fingerprint density at radius 1 is 1.48 bits per heavy atom. The van der Waals surface area contributed by atoms with Gasteiger partial charge in [0, 0.05) is 6.04 Å². The summed E-state index contributed by atoms with van der Waals surface area (Å²) in [6, 6.07) is 5.23. The van der Waals surface area contributed by atoms with Gasteiger partial charge < -0.3 is 9.84 Å². The van der Waals surface area contributed by atoms with Gasteiger partial charge in [0.15, 0.2) is 0 Å². The number of carboxylic acids is 1. The minimum Gasteiger partial charge on any atom is -0.481 e. The molecule has 6 heteroatoms. The molecule has 0 saturated carbocycles. The summed E-state index contributed by atoms with van der Waals surface area (Å²) in [5.74, 6) is -2.74. The van der Waals surface area contributed by atoms with E-state index in [1.807, 2.05) is 0 Å². The van der Waals surface area contributed by atoms with Gasteiger partial charge in [-0.3, -0.25) is 14.5 Å². The van der Waals surface area contributed by atoms with Crippen molar-refractivity contribution in [2.45, 2.75) is 24.9 Å². The molecule has 3 atom stereocenters. The molecule has 0 radical (unpaired) electrons. The van der Waals surface area contributed by atoms with E-state index in [2.05, 4.69) is 0 Å². The van der Waals surface area contributed by atoms with Crippen LogP contribution in [0.1, 0.15) is 24.9 Å². The predicted octanol–water partition coefficient (Wildman–Crippen LogP) is 1.83. The van der Waals surface area contributed by atoms with Crippen LogP contribution in [0.2, 0.25) is 0 Å². The highest BCUT2D eigenvalue weighted by Crippen LogP contribution is 2.46. The van der Waals surface area contributed by atoms with E-state index in [-0.39, 0.29) is 6.42 Å². The molecule has 1 N–H and O–H groups in total. The first-order valence-corrected chi connectivity index (χ1v) is 6.61. The number of likely N-dealkylation sites (N-methyl/N-ethyl adjacent to an activating group) is 1. The Hall–Kier alpha value is -1.95. The number of likely N-dealkylation sites (tertiary alicyclic amines) is 1. The molecule has 1 aromatic carbocycles. The Balaban J connectivity index is 2.47. The Kier molecular flexibility index (Phi) is 4.00. The van der Waals surface area contributed by atoms with Crippen LogP contribution in [0.25, 0.3) is 0 Å². The van der Waals surface area contributed by atoms with Crippen LogP contribution in [0.4, 0.5) is 4.39 Å². The quantitative estimate of drug-likeness (QED) is 0.862. The third-order valence-corrected chi connectivity index (χ3v) is 4.33. The zero-order valence-electron chi connectivity index (χ0n) is 12.2. The highest BCUT2D eigenvalue weighted by atomic mass is 19.1. The standard InChI is InChI=1S/C15H18FNO4/c1-15(14(20)21-3)8-11(13(18)19)12(17(15)2)9-5-4-6-10(16)7-9/h4-7,11-12H,8H2,1-3H3,(H,18,19)/t11-,12-,15+/m0/s1. The fourth-order valence-corrected chi connectivity index (χ4v) is 3.08. The number of carbonyl (C=O) groups is 2. The molecular weight excluding hydrogens is 277 g/mol. The lowest BCUT2D eigenvalue weighted by molar-refractivity contribution is -0.152. The van der Waals surface area contributed by atoms with E-state index in [0.717, 1.165) is 0 Å². The molecule has 21 heavy (non-hydrogen) atoms. The van der Waals surface area contributed by atoms with Gasteiger partial charge in [-0.05, 0) is 38.1 Å². The van der Waals surface area contributed by atoms with Crippen LogP contribution < -0.4 is 0 Å². The highest BCUT2D eigenvalue weighted by Gasteiger charge is 2.55. The number of methoxy groups -OCH3 is 1. The molecule has 1 fully saturated rings. The van der Waals surface area contributed by atoms with Crippen LogP contribution in [0.15, 0.2) is 24.3 Å². The molecule has 0 amide bonds. The third-order valence-electron chi connectivity index (χ3n) is 4.33. The Bertz CT molecular complexity index is 577. The van der Waals surface area contributed by atoms with Gasteiger partial charge in [0.05, 0.1) is 13.0 Å². The number of carboxylic acid groups (broad SMARTS) is 1. The maximum Gasteiger partial charge on any atom is 0.326 e. The van der Waals surface area contributed by atoms with Gasteiger partial charge in [-0.2, -0.15) is 0 Å². The van der Waals surface area contributed by atoms with Crippen LogP contribution >= 0.6 is 0 Å². The zero-order chi connectivity index (χ0) is 15.8. The van der Waals surface area contributed by atoms with Crippen molar-refractivity contribution in [3.8, 4) is 0 Å². The summed E-state index contributed by atoms with van der Waals surface area (Å²) in [5, 5.41) is 9.45. The number of hydrogen-bond donors (Lipinski definition) is 1. The number of rotatable bonds is 3. The number of benzene rings is 1. The second-order valence-corrected chi connectivity index (χ2v) is 5.53. The molecule has 5 nitrogen and oxygen atoms in total. The first-order chi connectivity index (χ1) is 9.81. The van der Waals surface area contributed by atoms with Crippen molar-refractivity contribution in [2.75, 3.05) is 14.2 Å². The summed E-state index contributed by atoms with van der Waals surface area (Å²) in [6.07, 6.45) is 0.118. The van der Waals surface area contributed by atoms with Gasteiger partial charge >= 0.3 is 11.9 Å². The second kappa shape index (κ2) is 5.44. The van der Waals surface area contributed by atoms with Crippen molar-refractivity contribution in [1.82, 2.24) is 4.90 Å². The largest absolute Gasteiger partial charge is 0.481 e. The molecule has 1 heterocycles. The second-order valence-electron chi connectivity index (χ2n) is 5.53. The monoisotopic (exact) mass is 295 g/mol. The summed E-state index contributed by atoms with van der Waals surface area (Å²) >= 11 is 0. The summed E-state index contributed by atoms with van der Waals surface area (Å²) in [4.78, 5) is 25.2. The normalized spacial score (nSPS) is 29.3. The Labute approximate surface area is 122 Å². The zero-order valence-corrected chi connectivity index (χ0v) is 12.2. The topological polar surface area (TPSA) is 66.8 Å². The van der Waals surface area contributed by atoms with Gasteiger partial charge in [-0.1, -0.05) is 12.1 Å². The maximum absolute atomic E-state index is 13.4. The lowest BCUT2D eigenvalue weighted by Gasteiger charge is -2.32. The average Bonchev–Trinajstić information content (AvgIpc) is 2.72. The van der Waals surface area contributed by atoms with Gasteiger partial charge in [0.25, 0.3) is 0 Å². The first-order valence-electron chi connectivity index (χ1n) is 6.61. The van der Waals surface area contributed by atoms with Gasteiger partial charge in [-0.15, -0.1) is 0 Å². The van der Waals surface area contributed by atoms with Crippen molar-refractivity contribution in [1.29, 1.82) is 0 Å². The number of ether oxygens (including phenoxy) is 1. The molecule has 0 aromatic heterocycles. The van der Waals surface area contributed by atoms with Gasteiger partial charge in [0.1, 0.15) is 11.4 Å². The van der Waals surface area contributed by atoms with E-state index in [1.54, 1.807) is 24.9 Å². The molecule has 1 aliphatic rings. The molecule has 1 aromatic rings. The molecule has 0 spiro atoms. The third kappa shape index (κ3) is 2.51. The van der Waals surface area contributed by atoms with E-state index in [4.69, 9.17) is 4.74 Å². The molecular formula is C15H18FNO4. The predicted molar refractivity (Wildman–Crippen MR) is 73.1 cm³/mol. The lowest BCUT2D eigenvalue weighted by Crippen LogP contribution is -2.47. The number of aliphatic carboxylic acids is 1. The van der Waals surface area contributed by atoms with Gasteiger partial charge in [0.2, 0.25) is 0 Å². The molecule has 1 aliphatic heterocycles. The Morgan fingerprint density at radius 2 is 2.14 bits per heavy atom. The van der Waals surface area contributed by atoms with Crippen molar-refractivity contribution < 1.29 is 23.8 Å². The van der Waals surface area contributed by atoms with Crippen LogP contribution in [-0.2, 0) is 14.3 Å². The molecule has 2 rings (SSSR count). The summed E-state index contributed by atoms with van der Waals surface area (Å²) in [7, 11) is 2.93. The molecule has 0 bridgehead atoms. The van der Waals surface area contributed by atoms with Crippen LogP contribution in [0.3, 0.4) is 0 Å². The fraction of sp³-hybridized carbons (Fsp3) is 0.467. The van der Waals surface area contributed by atoms with E-state index >= 15 is 0 Å². The van der Waals surface area contributed by atoms with Crippen LogP contribution in [0, 0.1) is 11.7 Å². The minimum atomic E-state index is -1.05. The van der Waals surface area contributed by atoms with Crippen molar-refractivity contribution in [3.05, 3.63) is 35.6 Å². The summed E-state index contributed by atoms with van der Waals surface area (Å²) in [6.45, 7) is 1.65. The van der Waals surface area contributed by atoms with Gasteiger partial charge in [-0.25, -0.2) is 4.39 Å². The van der Waals surface area contributed by atoms with E-state index in [0.29, 0.717) is 5.56 Å². The first kappa shape index (κ1) is 15.4. The molecule has 0 unspecified atom stereocenters. The highest BCUT2D eigenvalue weighted by molar-refractivity contribution is 5.83. The number of hydrogen-bond acceptors (Lipinski definition) is 4. The molecule has 0 aliphatic carbocycles. The van der Waals surface area contributed by atoms with E-state index in [9.17, 15) is 19.1 Å². The number of halogens is 1. The fourth-order valence-electron chi connectivity index (χ4n) is 3.08. The Morgan fingerprint density at radius 3 is 2.67 bits per heavy atom. The average molecular weight is 295 g/mol. The van der Waals surface area contributed by atoms with Crippen molar-refractivity contribution in [3.63, 3.8) is 0 Å². The van der Waals surface area contributed by atoms with Crippen molar-refractivity contribution in [2.24, 2.45) is 5.92 Å². The summed E-state index contributed by atoms with van der Waals surface area (Å²) < 4.78 is 18.2. The number of carbonyl (C=O) groups excluding carboxylic acids is 1. The van der Waals surface area contributed by atoms with Crippen LogP contribution in [-0.4, -0.2) is 41.6 Å². The lowest BCUT2D eigenvalue weighted by atomic mass is 9.90. The van der Waals surface area contributed by atoms with Crippen molar-refractivity contribution >= 4 is 11.9 Å². The molecule has 1 saturated heterocycles. The number of nitrogens with zero attached hydrogens (tertiary/aromatic N) is 1. The SMILES string of the molecule is COC(=O)[C@@]1(C)C[C@H](C(=O)O)[C@H](c2cccc(F)c2)N1C. The van der Waals surface area contributed by atoms with E-state index in [1.165, 1.54) is 25.3 Å². The summed E-state index contributed by atoms with van der Waals surface area (Å²) in [5.41, 5.74) is -0.507.